The molecule has 0 radical (unpaired) electrons. The highest BCUT2D eigenvalue weighted by atomic mass is 32.2. The van der Waals surface area contributed by atoms with Crippen LogP contribution in [0.1, 0.15) is 60.7 Å². The van der Waals surface area contributed by atoms with E-state index in [9.17, 15) is 13.6 Å². The Labute approximate surface area is 142 Å². The summed E-state index contributed by atoms with van der Waals surface area (Å²) in [5.74, 6) is -0.363. The Hall–Kier alpha value is -1.76. The summed E-state index contributed by atoms with van der Waals surface area (Å²) >= 11 is 1.30. The molecule has 126 valence electrons. The average Bonchev–Trinajstić information content (AvgIpc) is 3.46. The van der Waals surface area contributed by atoms with Crippen molar-refractivity contribution in [1.82, 2.24) is 14.8 Å². The molecule has 0 aliphatic heterocycles. The molecule has 0 N–H and O–H groups in total. The first-order valence-corrected chi connectivity index (χ1v) is 9.03. The van der Waals surface area contributed by atoms with Gasteiger partial charge in [0, 0.05) is 18.0 Å². The molecule has 2 fully saturated rings. The van der Waals surface area contributed by atoms with Crippen LogP contribution in [-0.2, 0) is 0 Å². The molecule has 1 aromatic heterocycles. The number of carbonyl (C=O) groups is 1. The van der Waals surface area contributed by atoms with Gasteiger partial charge in [-0.1, -0.05) is 11.8 Å². The topological polar surface area (TPSA) is 47.8 Å². The van der Waals surface area contributed by atoms with Gasteiger partial charge in [0.25, 0.3) is 0 Å². The van der Waals surface area contributed by atoms with Crippen molar-refractivity contribution in [3.63, 3.8) is 0 Å². The molecule has 2 aliphatic carbocycles. The Kier molecular flexibility index (Phi) is 3.90. The quantitative estimate of drug-likeness (QED) is 0.581. The summed E-state index contributed by atoms with van der Waals surface area (Å²) in [6.45, 7) is 1.72. The third-order valence-corrected chi connectivity index (χ3v) is 5.45. The Morgan fingerprint density at radius 2 is 2.00 bits per heavy atom. The van der Waals surface area contributed by atoms with Crippen molar-refractivity contribution in [3.05, 3.63) is 41.2 Å². The molecule has 4 rings (SSSR count). The molecule has 0 spiro atoms. The number of Topliss-reactive ketones (excluding diaryl/α,β-unsaturated/α-hetero) is 1. The van der Waals surface area contributed by atoms with E-state index in [1.165, 1.54) is 17.8 Å². The number of halogens is 2. The van der Waals surface area contributed by atoms with Crippen LogP contribution in [0.2, 0.25) is 0 Å². The maximum atomic E-state index is 13.8. The fraction of sp³-hybridized carbons (Fsp3) is 0.471. The van der Waals surface area contributed by atoms with E-state index in [4.69, 9.17) is 0 Å². The van der Waals surface area contributed by atoms with Gasteiger partial charge in [-0.25, -0.2) is 8.78 Å². The van der Waals surface area contributed by atoms with Crippen molar-refractivity contribution >= 4 is 17.5 Å². The van der Waals surface area contributed by atoms with Gasteiger partial charge in [-0.15, -0.1) is 10.2 Å². The Balaban J connectivity index is 1.55. The van der Waals surface area contributed by atoms with Gasteiger partial charge >= 0.3 is 0 Å². The largest absolute Gasteiger partial charge is 0.303 e. The van der Waals surface area contributed by atoms with Crippen LogP contribution in [0, 0.1) is 11.6 Å². The van der Waals surface area contributed by atoms with Gasteiger partial charge in [-0.2, -0.15) is 0 Å². The first-order valence-electron chi connectivity index (χ1n) is 8.15. The van der Waals surface area contributed by atoms with Crippen LogP contribution in [0.25, 0.3) is 0 Å². The molecule has 0 bridgehead atoms. The predicted molar refractivity (Wildman–Crippen MR) is 86.3 cm³/mol. The van der Waals surface area contributed by atoms with E-state index in [2.05, 4.69) is 14.8 Å². The van der Waals surface area contributed by atoms with Gasteiger partial charge in [-0.3, -0.25) is 4.79 Å². The highest BCUT2D eigenvalue weighted by Gasteiger charge is 2.37. The van der Waals surface area contributed by atoms with E-state index in [1.807, 2.05) is 0 Å². The van der Waals surface area contributed by atoms with E-state index in [1.54, 1.807) is 6.92 Å². The van der Waals surface area contributed by atoms with Gasteiger partial charge in [0.1, 0.15) is 17.5 Å². The second kappa shape index (κ2) is 5.95. The maximum absolute atomic E-state index is 13.8. The summed E-state index contributed by atoms with van der Waals surface area (Å²) in [4.78, 5) is 12.5. The van der Waals surface area contributed by atoms with Gasteiger partial charge < -0.3 is 4.57 Å². The molecule has 24 heavy (non-hydrogen) atoms. The summed E-state index contributed by atoms with van der Waals surface area (Å²) in [5, 5.41) is 8.78. The highest BCUT2D eigenvalue weighted by molar-refractivity contribution is 8.00. The molecular formula is C17H17F2N3OS. The zero-order valence-electron chi connectivity index (χ0n) is 13.2. The fourth-order valence-corrected chi connectivity index (χ4v) is 3.78. The predicted octanol–water partition coefficient (Wildman–Crippen LogP) is 4.13. The number of aromatic nitrogens is 3. The monoisotopic (exact) mass is 349 g/mol. The van der Waals surface area contributed by atoms with Crippen molar-refractivity contribution in [2.75, 3.05) is 0 Å². The molecule has 1 aromatic carbocycles. The van der Waals surface area contributed by atoms with Gasteiger partial charge in [0.2, 0.25) is 0 Å². The van der Waals surface area contributed by atoms with Crippen LogP contribution in [0.15, 0.2) is 23.4 Å². The summed E-state index contributed by atoms with van der Waals surface area (Å²) in [6.07, 6.45) is 4.51. The van der Waals surface area contributed by atoms with Crippen molar-refractivity contribution in [1.29, 1.82) is 0 Å². The lowest BCUT2D eigenvalue weighted by molar-refractivity contribution is 0.0990. The van der Waals surface area contributed by atoms with Gasteiger partial charge in [-0.05, 0) is 44.7 Å². The maximum Gasteiger partial charge on any atom is 0.192 e. The van der Waals surface area contributed by atoms with Crippen molar-refractivity contribution in [2.24, 2.45) is 0 Å². The number of hydrogen-bond donors (Lipinski definition) is 0. The number of nitrogens with zero attached hydrogens (tertiary/aromatic N) is 3. The summed E-state index contributed by atoms with van der Waals surface area (Å²) in [5.41, 5.74) is -0.0868. The molecule has 2 saturated carbocycles. The van der Waals surface area contributed by atoms with Gasteiger partial charge in [0.05, 0.1) is 10.8 Å². The molecule has 2 aromatic rings. The molecule has 0 saturated heterocycles. The molecule has 1 atom stereocenters. The minimum Gasteiger partial charge on any atom is -0.303 e. The second-order valence-corrected chi connectivity index (χ2v) is 7.77. The Morgan fingerprint density at radius 1 is 1.25 bits per heavy atom. The summed E-state index contributed by atoms with van der Waals surface area (Å²) in [6, 6.07) is 3.47. The molecule has 2 aliphatic rings. The Bertz CT molecular complexity index is 799. The van der Waals surface area contributed by atoms with E-state index in [0.29, 0.717) is 12.0 Å². The molecule has 7 heteroatoms. The van der Waals surface area contributed by atoms with Crippen LogP contribution < -0.4 is 0 Å². The average molecular weight is 349 g/mol. The van der Waals surface area contributed by atoms with Crippen molar-refractivity contribution in [2.45, 2.75) is 55.0 Å². The minimum absolute atomic E-state index is 0.0868. The van der Waals surface area contributed by atoms with Crippen LogP contribution in [0.5, 0.6) is 0 Å². The lowest BCUT2D eigenvalue weighted by atomic mass is 10.1. The molecular weight excluding hydrogens is 332 g/mol. The summed E-state index contributed by atoms with van der Waals surface area (Å²) in [7, 11) is 0. The number of carbonyl (C=O) groups excluding carboxylic acids is 1. The number of benzene rings is 1. The lowest BCUT2D eigenvalue weighted by Gasteiger charge is -2.12. The summed E-state index contributed by atoms with van der Waals surface area (Å²) < 4.78 is 29.0. The van der Waals surface area contributed by atoms with E-state index >= 15 is 0 Å². The molecule has 1 unspecified atom stereocenters. The van der Waals surface area contributed by atoms with Crippen LogP contribution in [0.3, 0.4) is 0 Å². The zero-order chi connectivity index (χ0) is 16.8. The first-order chi connectivity index (χ1) is 11.5. The zero-order valence-corrected chi connectivity index (χ0v) is 14.0. The van der Waals surface area contributed by atoms with Crippen molar-refractivity contribution in [3.8, 4) is 0 Å². The number of thioether (sulfide) groups is 1. The smallest absolute Gasteiger partial charge is 0.192 e. The van der Waals surface area contributed by atoms with Crippen LogP contribution >= 0.6 is 11.8 Å². The van der Waals surface area contributed by atoms with E-state index in [-0.39, 0.29) is 11.3 Å². The van der Waals surface area contributed by atoms with Gasteiger partial charge in [0.15, 0.2) is 10.9 Å². The third kappa shape index (κ3) is 2.97. The van der Waals surface area contributed by atoms with Crippen LogP contribution in [0.4, 0.5) is 8.78 Å². The number of rotatable bonds is 6. The Morgan fingerprint density at radius 3 is 2.62 bits per heavy atom. The fourth-order valence-electron chi connectivity index (χ4n) is 2.78. The second-order valence-electron chi connectivity index (χ2n) is 6.46. The number of ketones is 1. The highest BCUT2D eigenvalue weighted by Crippen LogP contribution is 2.46. The van der Waals surface area contributed by atoms with Crippen molar-refractivity contribution < 1.29 is 13.6 Å². The SMILES string of the molecule is CC(Sc1nnc(C2CC2)n1C1CC1)C(=O)c1ccc(F)cc1F. The molecule has 0 amide bonds. The normalized spacial score (nSPS) is 18.6. The molecule has 4 nitrogen and oxygen atoms in total. The minimum atomic E-state index is -0.824. The standard InChI is InChI=1S/C17H17F2N3OS/c1-9(15(23)13-7-4-11(18)8-14(13)19)24-17-21-20-16(10-2-3-10)22(17)12-5-6-12/h4,7-10,12H,2-3,5-6H2,1H3. The third-order valence-electron chi connectivity index (χ3n) is 4.39. The molecule has 1 heterocycles. The first kappa shape index (κ1) is 15.7. The van der Waals surface area contributed by atoms with Crippen LogP contribution in [-0.4, -0.2) is 25.8 Å². The lowest BCUT2D eigenvalue weighted by Crippen LogP contribution is -2.16. The van der Waals surface area contributed by atoms with E-state index < -0.39 is 16.9 Å². The van der Waals surface area contributed by atoms with E-state index in [0.717, 1.165) is 48.8 Å². The number of hydrogen-bond acceptors (Lipinski definition) is 4.